The van der Waals surface area contributed by atoms with Crippen LogP contribution in [0.15, 0.2) is 41.3 Å². The van der Waals surface area contributed by atoms with Gasteiger partial charge in [0.25, 0.3) is 5.91 Å². The summed E-state index contributed by atoms with van der Waals surface area (Å²) in [6.07, 6.45) is 6.13. The lowest BCUT2D eigenvalue weighted by atomic mass is 9.96. The highest BCUT2D eigenvalue weighted by Crippen LogP contribution is 2.30. The predicted octanol–water partition coefficient (Wildman–Crippen LogP) is 3.77. The van der Waals surface area contributed by atoms with Gasteiger partial charge in [-0.1, -0.05) is 20.8 Å². The largest absolute Gasteiger partial charge is 0.462 e. The van der Waals surface area contributed by atoms with Crippen LogP contribution >= 0.6 is 0 Å². The summed E-state index contributed by atoms with van der Waals surface area (Å²) >= 11 is 0. The number of nitrogens with two attached hydrogens (primary N) is 1. The first-order valence-electron chi connectivity index (χ1n) is 10.1. The van der Waals surface area contributed by atoms with Crippen LogP contribution < -0.4 is 16.0 Å². The Morgan fingerprint density at radius 1 is 1.31 bits per heavy atom. The number of anilines is 2. The number of amides is 1. The molecule has 1 amide bonds. The van der Waals surface area contributed by atoms with Gasteiger partial charge in [0, 0.05) is 30.9 Å². The maximum absolute atomic E-state index is 12.9. The molecule has 152 valence electrons. The highest BCUT2D eigenvalue weighted by Gasteiger charge is 2.25. The molecule has 3 aromatic heterocycles. The third-order valence-electron chi connectivity index (χ3n) is 5.38. The van der Waals surface area contributed by atoms with Gasteiger partial charge in [-0.3, -0.25) is 9.78 Å². The predicted molar refractivity (Wildman–Crippen MR) is 114 cm³/mol. The molecule has 7 heteroatoms. The zero-order valence-corrected chi connectivity index (χ0v) is 17.1. The Bertz CT molecular complexity index is 1020. The molecule has 3 aromatic rings. The minimum Gasteiger partial charge on any atom is -0.462 e. The number of pyridine rings is 2. The van der Waals surface area contributed by atoms with Crippen LogP contribution in [-0.4, -0.2) is 35.0 Å². The van der Waals surface area contributed by atoms with Crippen LogP contribution in [0.25, 0.3) is 11.1 Å². The van der Waals surface area contributed by atoms with E-state index in [-0.39, 0.29) is 17.9 Å². The summed E-state index contributed by atoms with van der Waals surface area (Å²) in [6, 6.07) is 5.51. The normalized spacial score (nSPS) is 19.7. The number of hydrogen-bond donors (Lipinski definition) is 2. The summed E-state index contributed by atoms with van der Waals surface area (Å²) in [6.45, 7) is 8.00. The topological polar surface area (TPSA) is 97.3 Å². The summed E-state index contributed by atoms with van der Waals surface area (Å²) < 4.78 is 5.56. The molecule has 0 aromatic carbocycles. The molecule has 1 aliphatic heterocycles. The monoisotopic (exact) mass is 393 g/mol. The minimum absolute atomic E-state index is 0.120. The van der Waals surface area contributed by atoms with Crippen LogP contribution in [0.2, 0.25) is 0 Å². The summed E-state index contributed by atoms with van der Waals surface area (Å²) in [5, 5.41) is 2.98. The standard InChI is InChI=1S/C22H27N5O2/c1-13(2)16-12-29-20-5-4-17(25-21(16)20)22(28)26-18-9-24-7-6-19(18)27-10-14(3)8-15(23)11-27/h4-7,9,12-15H,8,10-11,23H2,1-3H3,(H,26,28). The van der Waals surface area contributed by atoms with Gasteiger partial charge in [-0.05, 0) is 36.5 Å². The lowest BCUT2D eigenvalue weighted by Crippen LogP contribution is -2.46. The molecule has 2 atom stereocenters. The Balaban J connectivity index is 1.61. The number of aromatic nitrogens is 2. The number of carbonyl (C=O) groups excluding carboxylic acids is 1. The Morgan fingerprint density at radius 3 is 2.90 bits per heavy atom. The summed E-state index contributed by atoms with van der Waals surface area (Å²) in [5.41, 5.74) is 10.6. The number of hydrogen-bond acceptors (Lipinski definition) is 6. The molecular formula is C22H27N5O2. The summed E-state index contributed by atoms with van der Waals surface area (Å²) in [5.74, 6) is 0.485. The van der Waals surface area contributed by atoms with Gasteiger partial charge in [-0.15, -0.1) is 0 Å². The van der Waals surface area contributed by atoms with Crippen LogP contribution in [0.1, 0.15) is 49.2 Å². The Morgan fingerprint density at radius 2 is 2.14 bits per heavy atom. The van der Waals surface area contributed by atoms with Crippen LogP contribution in [0.5, 0.6) is 0 Å². The van der Waals surface area contributed by atoms with Gasteiger partial charge in [-0.25, -0.2) is 4.98 Å². The van der Waals surface area contributed by atoms with Crippen molar-refractivity contribution in [2.45, 2.75) is 39.2 Å². The van der Waals surface area contributed by atoms with Crippen molar-refractivity contribution >= 4 is 28.4 Å². The molecule has 29 heavy (non-hydrogen) atoms. The fraction of sp³-hybridized carbons (Fsp3) is 0.409. The summed E-state index contributed by atoms with van der Waals surface area (Å²) in [4.78, 5) is 23.9. The molecule has 0 spiro atoms. The van der Waals surface area contributed by atoms with Crippen molar-refractivity contribution in [3.8, 4) is 0 Å². The fourth-order valence-corrected chi connectivity index (χ4v) is 4.01. The lowest BCUT2D eigenvalue weighted by Gasteiger charge is -2.37. The van der Waals surface area contributed by atoms with E-state index in [0.717, 1.165) is 36.3 Å². The Kier molecular flexibility index (Phi) is 5.24. The van der Waals surface area contributed by atoms with Gasteiger partial charge >= 0.3 is 0 Å². The third kappa shape index (κ3) is 3.96. The van der Waals surface area contributed by atoms with E-state index >= 15 is 0 Å². The molecular weight excluding hydrogens is 366 g/mol. The zero-order valence-electron chi connectivity index (χ0n) is 17.1. The van der Waals surface area contributed by atoms with Crippen molar-refractivity contribution in [2.24, 2.45) is 11.7 Å². The van der Waals surface area contributed by atoms with Crippen molar-refractivity contribution in [3.05, 3.63) is 48.1 Å². The molecule has 0 aliphatic carbocycles. The first kappa shape index (κ1) is 19.4. The van der Waals surface area contributed by atoms with Crippen LogP contribution in [0, 0.1) is 5.92 Å². The van der Waals surface area contributed by atoms with E-state index in [4.69, 9.17) is 10.2 Å². The van der Waals surface area contributed by atoms with Crippen molar-refractivity contribution < 1.29 is 9.21 Å². The van der Waals surface area contributed by atoms with Gasteiger partial charge in [0.2, 0.25) is 0 Å². The minimum atomic E-state index is -0.272. The van der Waals surface area contributed by atoms with Gasteiger partial charge < -0.3 is 20.4 Å². The van der Waals surface area contributed by atoms with E-state index in [1.165, 1.54) is 0 Å². The summed E-state index contributed by atoms with van der Waals surface area (Å²) in [7, 11) is 0. The van der Waals surface area contributed by atoms with Crippen molar-refractivity contribution in [2.75, 3.05) is 23.3 Å². The maximum atomic E-state index is 12.9. The molecule has 1 aliphatic rings. The van der Waals surface area contributed by atoms with Crippen LogP contribution in [0.3, 0.4) is 0 Å². The molecule has 1 saturated heterocycles. The van der Waals surface area contributed by atoms with Crippen molar-refractivity contribution in [1.29, 1.82) is 0 Å². The first-order valence-corrected chi connectivity index (χ1v) is 10.1. The van der Waals surface area contributed by atoms with E-state index in [2.05, 4.69) is 41.0 Å². The van der Waals surface area contributed by atoms with E-state index in [1.54, 1.807) is 30.8 Å². The molecule has 0 saturated carbocycles. The third-order valence-corrected chi connectivity index (χ3v) is 5.38. The highest BCUT2D eigenvalue weighted by atomic mass is 16.3. The molecule has 4 rings (SSSR count). The lowest BCUT2D eigenvalue weighted by molar-refractivity contribution is 0.102. The number of furan rings is 1. The molecule has 2 unspecified atom stereocenters. The van der Waals surface area contributed by atoms with Gasteiger partial charge in [0.15, 0.2) is 5.58 Å². The molecule has 7 nitrogen and oxygen atoms in total. The van der Waals surface area contributed by atoms with Gasteiger partial charge in [0.05, 0.1) is 23.8 Å². The van der Waals surface area contributed by atoms with Gasteiger partial charge in [0.1, 0.15) is 11.2 Å². The van der Waals surface area contributed by atoms with E-state index in [0.29, 0.717) is 22.9 Å². The van der Waals surface area contributed by atoms with E-state index in [1.807, 2.05) is 6.07 Å². The highest BCUT2D eigenvalue weighted by molar-refractivity contribution is 6.05. The average molecular weight is 393 g/mol. The molecule has 4 heterocycles. The fourth-order valence-electron chi connectivity index (χ4n) is 4.01. The number of nitrogens with one attached hydrogen (secondary N) is 1. The Labute approximate surface area is 170 Å². The second-order valence-electron chi connectivity index (χ2n) is 8.24. The first-order chi connectivity index (χ1) is 13.9. The van der Waals surface area contributed by atoms with E-state index in [9.17, 15) is 4.79 Å². The number of carbonyl (C=O) groups is 1. The smallest absolute Gasteiger partial charge is 0.274 e. The number of rotatable bonds is 4. The number of nitrogens with zero attached hydrogens (tertiary/aromatic N) is 3. The number of piperidine rings is 1. The molecule has 0 radical (unpaired) electrons. The zero-order chi connectivity index (χ0) is 20.5. The Hall–Kier alpha value is -2.93. The van der Waals surface area contributed by atoms with Gasteiger partial charge in [-0.2, -0.15) is 0 Å². The van der Waals surface area contributed by atoms with Crippen LogP contribution in [-0.2, 0) is 0 Å². The quantitative estimate of drug-likeness (QED) is 0.700. The van der Waals surface area contributed by atoms with E-state index < -0.39 is 0 Å². The molecule has 3 N–H and O–H groups in total. The second kappa shape index (κ2) is 7.83. The van der Waals surface area contributed by atoms with Crippen LogP contribution in [0.4, 0.5) is 11.4 Å². The molecule has 1 fully saturated rings. The second-order valence-corrected chi connectivity index (χ2v) is 8.24. The number of fused-ring (bicyclic) bond motifs is 1. The maximum Gasteiger partial charge on any atom is 0.274 e. The SMILES string of the molecule is CC1CC(N)CN(c2ccncc2NC(=O)c2ccc3occ(C(C)C)c3n2)C1. The van der Waals surface area contributed by atoms with Crippen molar-refractivity contribution in [1.82, 2.24) is 9.97 Å². The average Bonchev–Trinajstić information content (AvgIpc) is 3.11. The molecule has 0 bridgehead atoms. The van der Waals surface area contributed by atoms with Crippen molar-refractivity contribution in [3.63, 3.8) is 0 Å².